The van der Waals surface area contributed by atoms with E-state index in [0.29, 0.717) is 17.6 Å². The van der Waals surface area contributed by atoms with E-state index in [1.54, 1.807) is 0 Å². The molecule has 0 spiro atoms. The third-order valence-electron chi connectivity index (χ3n) is 2.75. The van der Waals surface area contributed by atoms with Crippen molar-refractivity contribution in [2.24, 2.45) is 0 Å². The van der Waals surface area contributed by atoms with Gasteiger partial charge < -0.3 is 4.42 Å². The standard InChI is InChI=1S/C9H12BrNO3S/c1-6-8(11-9(10)14-6)7-2-4-15(12,13)5-3-7/h7H,2-5H2,1H3. The lowest BCUT2D eigenvalue weighted by molar-refractivity contribution is 0.492. The van der Waals surface area contributed by atoms with Crippen molar-refractivity contribution in [3.8, 4) is 0 Å². The Morgan fingerprint density at radius 2 is 2.00 bits per heavy atom. The van der Waals surface area contributed by atoms with Gasteiger partial charge in [0.25, 0.3) is 4.80 Å². The molecule has 6 heteroatoms. The molecule has 4 nitrogen and oxygen atoms in total. The van der Waals surface area contributed by atoms with Crippen molar-refractivity contribution in [1.82, 2.24) is 4.98 Å². The molecule has 84 valence electrons. The minimum atomic E-state index is -2.80. The number of aromatic nitrogens is 1. The summed E-state index contributed by atoms with van der Waals surface area (Å²) < 4.78 is 27.8. The highest BCUT2D eigenvalue weighted by Crippen LogP contribution is 2.31. The molecule has 0 amide bonds. The van der Waals surface area contributed by atoms with Gasteiger partial charge in [-0.15, -0.1) is 0 Å². The number of hydrogen-bond donors (Lipinski definition) is 0. The number of hydrogen-bond acceptors (Lipinski definition) is 4. The number of rotatable bonds is 1. The van der Waals surface area contributed by atoms with Gasteiger partial charge in [0.1, 0.15) is 15.6 Å². The van der Waals surface area contributed by atoms with Gasteiger partial charge in [-0.05, 0) is 19.8 Å². The molecule has 1 fully saturated rings. The van der Waals surface area contributed by atoms with Gasteiger partial charge in [0, 0.05) is 21.8 Å². The number of oxazole rings is 1. The molecule has 0 bridgehead atoms. The number of nitrogens with zero attached hydrogens (tertiary/aromatic N) is 1. The molecule has 1 aromatic rings. The molecule has 0 atom stereocenters. The Morgan fingerprint density at radius 1 is 1.40 bits per heavy atom. The highest BCUT2D eigenvalue weighted by atomic mass is 79.9. The molecular weight excluding hydrogens is 282 g/mol. The molecule has 1 aliphatic heterocycles. The second-order valence-corrected chi connectivity index (χ2v) is 6.82. The van der Waals surface area contributed by atoms with Gasteiger partial charge in [0.05, 0.1) is 17.2 Å². The fraction of sp³-hybridized carbons (Fsp3) is 0.667. The lowest BCUT2D eigenvalue weighted by atomic mass is 9.98. The van der Waals surface area contributed by atoms with Crippen molar-refractivity contribution in [2.75, 3.05) is 11.5 Å². The second kappa shape index (κ2) is 3.90. The van der Waals surface area contributed by atoms with Crippen LogP contribution in [-0.2, 0) is 9.84 Å². The lowest BCUT2D eigenvalue weighted by Gasteiger charge is -2.20. The number of halogens is 1. The van der Waals surface area contributed by atoms with Crippen LogP contribution in [0.2, 0.25) is 0 Å². The van der Waals surface area contributed by atoms with Gasteiger partial charge >= 0.3 is 0 Å². The summed E-state index contributed by atoms with van der Waals surface area (Å²) in [5.41, 5.74) is 0.900. The molecule has 1 aliphatic rings. The SMILES string of the molecule is Cc1oc(Br)nc1C1CCS(=O)(=O)CC1. The van der Waals surface area contributed by atoms with E-state index in [9.17, 15) is 8.42 Å². The minimum Gasteiger partial charge on any atom is -0.436 e. The predicted molar refractivity (Wildman–Crippen MR) is 59.6 cm³/mol. The second-order valence-electron chi connectivity index (χ2n) is 3.83. The maximum absolute atomic E-state index is 11.3. The first-order valence-electron chi connectivity index (χ1n) is 4.81. The minimum absolute atomic E-state index is 0.226. The van der Waals surface area contributed by atoms with Crippen molar-refractivity contribution < 1.29 is 12.8 Å². The van der Waals surface area contributed by atoms with Crippen LogP contribution in [0.3, 0.4) is 0 Å². The van der Waals surface area contributed by atoms with E-state index >= 15 is 0 Å². The maximum atomic E-state index is 11.3. The average Bonchev–Trinajstić information content (AvgIpc) is 2.45. The number of sulfone groups is 1. The summed E-state index contributed by atoms with van der Waals surface area (Å²) in [6.07, 6.45) is 1.31. The summed E-state index contributed by atoms with van der Waals surface area (Å²) in [5, 5.41) is 0. The highest BCUT2D eigenvalue weighted by Gasteiger charge is 2.28. The zero-order valence-electron chi connectivity index (χ0n) is 8.36. The normalized spacial score (nSPS) is 21.7. The third-order valence-corrected chi connectivity index (χ3v) is 4.80. The van der Waals surface area contributed by atoms with Crippen LogP contribution in [0.25, 0.3) is 0 Å². The van der Waals surface area contributed by atoms with Crippen molar-refractivity contribution in [2.45, 2.75) is 25.7 Å². The van der Waals surface area contributed by atoms with Crippen LogP contribution in [0, 0.1) is 6.92 Å². The Hall–Kier alpha value is -0.360. The topological polar surface area (TPSA) is 60.2 Å². The summed E-state index contributed by atoms with van der Waals surface area (Å²) >= 11 is 3.18. The van der Waals surface area contributed by atoms with Crippen molar-refractivity contribution in [1.29, 1.82) is 0 Å². The predicted octanol–water partition coefficient (Wildman–Crippen LogP) is 2.04. The molecule has 0 radical (unpaired) electrons. The summed E-state index contributed by atoms with van der Waals surface area (Å²) in [5.74, 6) is 1.54. The third kappa shape index (κ3) is 2.42. The zero-order valence-corrected chi connectivity index (χ0v) is 10.8. The smallest absolute Gasteiger partial charge is 0.264 e. The Bertz CT molecular complexity index is 452. The Balaban J connectivity index is 2.17. The fourth-order valence-electron chi connectivity index (χ4n) is 1.92. The Kier molecular flexibility index (Phi) is 2.89. The Morgan fingerprint density at radius 3 is 2.47 bits per heavy atom. The quantitative estimate of drug-likeness (QED) is 0.795. The monoisotopic (exact) mass is 293 g/mol. The zero-order chi connectivity index (χ0) is 11.1. The first-order chi connectivity index (χ1) is 6.98. The van der Waals surface area contributed by atoms with Crippen LogP contribution in [-0.4, -0.2) is 24.9 Å². The first kappa shape index (κ1) is 11.1. The molecule has 2 rings (SSSR count). The van der Waals surface area contributed by atoms with Crippen LogP contribution in [0.1, 0.15) is 30.2 Å². The molecule has 0 unspecified atom stereocenters. The first-order valence-corrected chi connectivity index (χ1v) is 7.42. The van der Waals surface area contributed by atoms with Gasteiger partial charge in [0.2, 0.25) is 0 Å². The summed E-state index contributed by atoms with van der Waals surface area (Å²) in [4.78, 5) is 4.71. The molecule has 1 saturated heterocycles. The van der Waals surface area contributed by atoms with Crippen LogP contribution >= 0.6 is 15.9 Å². The summed E-state index contributed by atoms with van der Waals surface area (Å²) in [6.45, 7) is 1.86. The van der Waals surface area contributed by atoms with E-state index in [0.717, 1.165) is 11.5 Å². The van der Waals surface area contributed by atoms with Crippen molar-refractivity contribution >= 4 is 25.8 Å². The number of aryl methyl sites for hydroxylation is 1. The lowest BCUT2D eigenvalue weighted by Crippen LogP contribution is -2.22. The van der Waals surface area contributed by atoms with Crippen LogP contribution in [0.4, 0.5) is 0 Å². The van der Waals surface area contributed by atoms with Crippen molar-refractivity contribution in [3.05, 3.63) is 16.3 Å². The highest BCUT2D eigenvalue weighted by molar-refractivity contribution is 9.10. The Labute approximate surface area is 97.1 Å². The van der Waals surface area contributed by atoms with E-state index in [4.69, 9.17) is 4.42 Å². The molecule has 1 aromatic heterocycles. The van der Waals surface area contributed by atoms with Gasteiger partial charge in [0.15, 0.2) is 0 Å². The molecule has 0 aliphatic carbocycles. The average molecular weight is 294 g/mol. The van der Waals surface area contributed by atoms with Gasteiger partial charge in [-0.25, -0.2) is 13.4 Å². The molecule has 0 saturated carbocycles. The summed E-state index contributed by atoms with van der Waals surface area (Å²) in [6, 6.07) is 0. The van der Waals surface area contributed by atoms with E-state index in [1.165, 1.54) is 0 Å². The van der Waals surface area contributed by atoms with Crippen LogP contribution in [0.15, 0.2) is 9.22 Å². The van der Waals surface area contributed by atoms with E-state index < -0.39 is 9.84 Å². The molecule has 0 N–H and O–H groups in total. The molecule has 15 heavy (non-hydrogen) atoms. The largest absolute Gasteiger partial charge is 0.436 e. The van der Waals surface area contributed by atoms with E-state index in [2.05, 4.69) is 20.9 Å². The van der Waals surface area contributed by atoms with Crippen LogP contribution < -0.4 is 0 Å². The van der Waals surface area contributed by atoms with E-state index in [1.807, 2.05) is 6.92 Å². The van der Waals surface area contributed by atoms with Crippen LogP contribution in [0.5, 0.6) is 0 Å². The van der Waals surface area contributed by atoms with Gasteiger partial charge in [-0.1, -0.05) is 0 Å². The molecule has 0 aromatic carbocycles. The van der Waals surface area contributed by atoms with Gasteiger partial charge in [-0.2, -0.15) is 0 Å². The van der Waals surface area contributed by atoms with Gasteiger partial charge in [-0.3, -0.25) is 0 Å². The van der Waals surface area contributed by atoms with E-state index in [-0.39, 0.29) is 17.4 Å². The fourth-order valence-corrected chi connectivity index (χ4v) is 3.84. The maximum Gasteiger partial charge on any atom is 0.264 e. The molecular formula is C9H12BrNO3S. The van der Waals surface area contributed by atoms with Crippen molar-refractivity contribution in [3.63, 3.8) is 0 Å². The summed E-state index contributed by atoms with van der Waals surface area (Å²) in [7, 11) is -2.80. The molecule has 2 heterocycles.